The highest BCUT2D eigenvalue weighted by Crippen LogP contribution is 2.30. The third kappa shape index (κ3) is 6.02. The molecule has 2 fully saturated rings. The first kappa shape index (κ1) is 24.1. The summed E-state index contributed by atoms with van der Waals surface area (Å²) in [6.07, 6.45) is 4.24. The van der Waals surface area contributed by atoms with Crippen molar-refractivity contribution >= 4 is 23.6 Å². The number of carbonyl (C=O) groups excluding carboxylic acids is 3. The molecule has 7 heteroatoms. The molecule has 1 aliphatic carbocycles. The van der Waals surface area contributed by atoms with Crippen LogP contribution >= 0.6 is 0 Å². The van der Waals surface area contributed by atoms with Crippen LogP contribution in [0.2, 0.25) is 0 Å². The quantitative estimate of drug-likeness (QED) is 0.733. The van der Waals surface area contributed by atoms with Crippen molar-refractivity contribution in [2.45, 2.75) is 84.4 Å². The van der Waals surface area contributed by atoms with Crippen molar-refractivity contribution in [1.29, 1.82) is 0 Å². The first-order chi connectivity index (χ1) is 15.1. The third-order valence-electron chi connectivity index (χ3n) is 6.36. The van der Waals surface area contributed by atoms with Crippen LogP contribution in [0.3, 0.4) is 0 Å². The Kier molecular flexibility index (Phi) is 7.47. The molecule has 0 spiro atoms. The fraction of sp³-hybridized carbons (Fsp3) is 0.640. The second-order valence-electron chi connectivity index (χ2n) is 10.1. The number of likely N-dealkylation sites (tertiary alicyclic amines) is 1. The van der Waals surface area contributed by atoms with E-state index in [9.17, 15) is 14.4 Å². The number of amides is 3. The summed E-state index contributed by atoms with van der Waals surface area (Å²) in [6.45, 7) is 10.3. The Morgan fingerprint density at radius 1 is 1.16 bits per heavy atom. The van der Waals surface area contributed by atoms with Crippen molar-refractivity contribution in [2.24, 2.45) is 5.92 Å². The Balaban J connectivity index is 1.64. The molecule has 0 bridgehead atoms. The van der Waals surface area contributed by atoms with Crippen LogP contribution in [0.25, 0.3) is 0 Å². The van der Waals surface area contributed by atoms with E-state index in [0.29, 0.717) is 37.4 Å². The van der Waals surface area contributed by atoms with Crippen LogP contribution in [-0.4, -0.2) is 53.6 Å². The van der Waals surface area contributed by atoms with E-state index in [1.54, 1.807) is 28.9 Å². The molecule has 0 radical (unpaired) electrons. The summed E-state index contributed by atoms with van der Waals surface area (Å²) in [6, 6.07) is 7.50. The number of benzene rings is 1. The van der Waals surface area contributed by atoms with E-state index in [1.807, 2.05) is 32.9 Å². The number of hydrogen-bond acceptors (Lipinski definition) is 4. The number of ether oxygens (including phenoxy) is 1. The van der Waals surface area contributed by atoms with Crippen LogP contribution in [0, 0.1) is 5.92 Å². The van der Waals surface area contributed by atoms with E-state index >= 15 is 0 Å². The fourth-order valence-electron chi connectivity index (χ4n) is 4.54. The third-order valence-corrected chi connectivity index (χ3v) is 6.36. The number of nitrogens with one attached hydrogen (secondary N) is 1. The van der Waals surface area contributed by atoms with Gasteiger partial charge < -0.3 is 19.9 Å². The summed E-state index contributed by atoms with van der Waals surface area (Å²) in [4.78, 5) is 41.1. The van der Waals surface area contributed by atoms with E-state index in [1.165, 1.54) is 0 Å². The van der Waals surface area contributed by atoms with Crippen molar-refractivity contribution in [2.75, 3.05) is 18.0 Å². The zero-order valence-corrected chi connectivity index (χ0v) is 20.0. The van der Waals surface area contributed by atoms with Gasteiger partial charge in [-0.25, -0.2) is 4.79 Å². The predicted octanol–water partition coefficient (Wildman–Crippen LogP) is 4.36. The highest BCUT2D eigenvalue weighted by atomic mass is 16.6. The molecule has 1 N–H and O–H groups in total. The number of anilines is 1. The molecule has 1 heterocycles. The van der Waals surface area contributed by atoms with Gasteiger partial charge in [0.15, 0.2) is 0 Å². The van der Waals surface area contributed by atoms with Crippen LogP contribution in [0.5, 0.6) is 0 Å². The van der Waals surface area contributed by atoms with E-state index < -0.39 is 5.60 Å². The molecule has 0 atom stereocenters. The van der Waals surface area contributed by atoms with Crippen LogP contribution < -0.4 is 10.2 Å². The van der Waals surface area contributed by atoms with Gasteiger partial charge in [-0.3, -0.25) is 9.59 Å². The van der Waals surface area contributed by atoms with Crippen molar-refractivity contribution in [3.63, 3.8) is 0 Å². The average Bonchev–Trinajstić information content (AvgIpc) is 2.69. The van der Waals surface area contributed by atoms with E-state index in [4.69, 9.17) is 4.74 Å². The summed E-state index contributed by atoms with van der Waals surface area (Å²) in [7, 11) is 0. The van der Waals surface area contributed by atoms with Gasteiger partial charge in [-0.05, 0) is 70.6 Å². The summed E-state index contributed by atoms with van der Waals surface area (Å²) in [5.41, 5.74) is 0.762. The zero-order valence-electron chi connectivity index (χ0n) is 20.0. The molecule has 1 aromatic rings. The van der Waals surface area contributed by atoms with Crippen LogP contribution in [-0.2, 0) is 9.53 Å². The van der Waals surface area contributed by atoms with Gasteiger partial charge in [-0.2, -0.15) is 0 Å². The molecule has 1 saturated heterocycles. The van der Waals surface area contributed by atoms with Gasteiger partial charge in [0.1, 0.15) is 5.60 Å². The van der Waals surface area contributed by atoms with Crippen molar-refractivity contribution in [1.82, 2.24) is 10.2 Å². The van der Waals surface area contributed by atoms with E-state index in [2.05, 4.69) is 12.2 Å². The Morgan fingerprint density at radius 3 is 2.38 bits per heavy atom. The number of rotatable bonds is 5. The Labute approximate surface area is 191 Å². The summed E-state index contributed by atoms with van der Waals surface area (Å²) >= 11 is 0. The summed E-state index contributed by atoms with van der Waals surface area (Å²) < 4.78 is 5.47. The number of nitrogens with zero attached hydrogens (tertiary/aromatic N) is 2. The van der Waals surface area contributed by atoms with Crippen molar-refractivity contribution in [3.8, 4) is 0 Å². The number of piperidine rings is 1. The number of hydrogen-bond donors (Lipinski definition) is 1. The van der Waals surface area contributed by atoms with Crippen molar-refractivity contribution in [3.05, 3.63) is 29.8 Å². The first-order valence-electron chi connectivity index (χ1n) is 11.8. The normalized spacial score (nSPS) is 21.5. The van der Waals surface area contributed by atoms with Gasteiger partial charge in [0.25, 0.3) is 5.91 Å². The van der Waals surface area contributed by atoms with Crippen LogP contribution in [0.15, 0.2) is 24.3 Å². The molecule has 0 unspecified atom stereocenters. The summed E-state index contributed by atoms with van der Waals surface area (Å²) in [5, 5.41) is 3.11. The first-order valence-corrected chi connectivity index (χ1v) is 11.8. The molecular formula is C25H37N3O4. The smallest absolute Gasteiger partial charge is 0.410 e. The molecule has 3 rings (SSSR count). The van der Waals surface area contributed by atoms with Crippen LogP contribution in [0.4, 0.5) is 10.5 Å². The average molecular weight is 444 g/mol. The largest absolute Gasteiger partial charge is 0.444 e. The monoisotopic (exact) mass is 443 g/mol. The predicted molar refractivity (Wildman–Crippen MR) is 125 cm³/mol. The molecular weight excluding hydrogens is 406 g/mol. The maximum Gasteiger partial charge on any atom is 0.410 e. The Hall–Kier alpha value is -2.57. The Bertz CT molecular complexity index is 834. The standard InChI is InChI=1S/C25H37N3O4/c1-6-18-14-20(15-18)26-23(30)19-8-7-9-22(16-19)28(17(2)29)21-10-12-27(13-11-21)24(31)32-25(3,4)5/h7-9,16,18,20-21H,6,10-15H2,1-5H3,(H,26,30). The minimum Gasteiger partial charge on any atom is -0.444 e. The molecule has 3 amide bonds. The lowest BCUT2D eigenvalue weighted by molar-refractivity contribution is -0.117. The molecule has 32 heavy (non-hydrogen) atoms. The van der Waals surface area contributed by atoms with Gasteiger partial charge in [0.2, 0.25) is 5.91 Å². The zero-order chi connectivity index (χ0) is 23.5. The van der Waals surface area contributed by atoms with Gasteiger partial charge in [-0.1, -0.05) is 19.4 Å². The SMILES string of the molecule is CCC1CC(NC(=O)c2cccc(N(C(C)=O)C3CCN(C(=O)OC(C)(C)C)CC3)c2)C1. The Morgan fingerprint density at radius 2 is 1.81 bits per heavy atom. The molecule has 2 aliphatic rings. The maximum atomic E-state index is 12.7. The minimum absolute atomic E-state index is 0.0264. The molecule has 0 aromatic heterocycles. The maximum absolute atomic E-state index is 12.7. The van der Waals surface area contributed by atoms with E-state index in [-0.39, 0.29) is 30.0 Å². The minimum atomic E-state index is -0.530. The van der Waals surface area contributed by atoms with Gasteiger partial charge in [0.05, 0.1) is 0 Å². The second-order valence-corrected chi connectivity index (χ2v) is 10.1. The molecule has 1 aromatic carbocycles. The van der Waals surface area contributed by atoms with Gasteiger partial charge >= 0.3 is 6.09 Å². The van der Waals surface area contributed by atoms with Gasteiger partial charge in [0, 0.05) is 43.3 Å². The lowest BCUT2D eigenvalue weighted by Crippen LogP contribution is -2.49. The molecule has 176 valence electrons. The molecule has 7 nitrogen and oxygen atoms in total. The lowest BCUT2D eigenvalue weighted by Gasteiger charge is -2.38. The van der Waals surface area contributed by atoms with E-state index in [0.717, 1.165) is 24.9 Å². The highest BCUT2D eigenvalue weighted by Gasteiger charge is 2.32. The number of carbonyl (C=O) groups is 3. The fourth-order valence-corrected chi connectivity index (χ4v) is 4.54. The van der Waals surface area contributed by atoms with Crippen molar-refractivity contribution < 1.29 is 19.1 Å². The molecule has 1 aliphatic heterocycles. The molecule has 1 saturated carbocycles. The highest BCUT2D eigenvalue weighted by molar-refractivity contribution is 5.98. The topological polar surface area (TPSA) is 79.0 Å². The second kappa shape index (κ2) is 9.92. The van der Waals surface area contributed by atoms with Crippen LogP contribution in [0.1, 0.15) is 77.1 Å². The lowest BCUT2D eigenvalue weighted by atomic mass is 9.78. The summed E-state index contributed by atoms with van der Waals surface area (Å²) in [5.74, 6) is 0.559. The van der Waals surface area contributed by atoms with Gasteiger partial charge in [-0.15, -0.1) is 0 Å².